The number of nitrogens with zero attached hydrogens (tertiary/aromatic N) is 3. The highest BCUT2D eigenvalue weighted by Gasteiger charge is 2.16. The van der Waals surface area contributed by atoms with Gasteiger partial charge in [0.15, 0.2) is 0 Å². The molecule has 0 bridgehead atoms. The molecule has 2 aliphatic rings. The summed E-state index contributed by atoms with van der Waals surface area (Å²) < 4.78 is 0. The third-order valence-corrected chi connectivity index (χ3v) is 4.31. The van der Waals surface area contributed by atoms with Crippen LogP contribution in [0.5, 0.6) is 0 Å². The van der Waals surface area contributed by atoms with Crippen molar-refractivity contribution in [2.24, 2.45) is 0 Å². The summed E-state index contributed by atoms with van der Waals surface area (Å²) in [5.74, 6) is 0. The van der Waals surface area contributed by atoms with Gasteiger partial charge in [-0.2, -0.15) is 0 Å². The van der Waals surface area contributed by atoms with E-state index in [9.17, 15) is 5.11 Å². The predicted molar refractivity (Wildman–Crippen MR) is 81.6 cm³/mol. The molecule has 1 atom stereocenters. The lowest BCUT2D eigenvalue weighted by Crippen LogP contribution is -2.48. The zero-order valence-corrected chi connectivity index (χ0v) is 12.9. The fourth-order valence-electron chi connectivity index (χ4n) is 2.91. The Morgan fingerprint density at radius 1 is 0.950 bits per heavy atom. The number of β-amino-alcohol motifs (C(OH)–C–C–N with tert-alkyl or cyclic N) is 1. The number of likely N-dealkylation sites (tertiary alicyclic amines) is 1. The summed E-state index contributed by atoms with van der Waals surface area (Å²) in [4.78, 5) is 7.23. The number of likely N-dealkylation sites (N-methyl/N-ethyl adjacent to an activating group) is 1. The van der Waals surface area contributed by atoms with Crippen molar-refractivity contribution in [2.75, 3.05) is 72.5 Å². The molecule has 2 rings (SSSR count). The van der Waals surface area contributed by atoms with Gasteiger partial charge >= 0.3 is 0 Å². The average molecular weight is 285 g/mol. The van der Waals surface area contributed by atoms with Gasteiger partial charge in [-0.3, -0.25) is 20.7 Å². The van der Waals surface area contributed by atoms with E-state index in [0.717, 1.165) is 52.1 Å². The summed E-state index contributed by atoms with van der Waals surface area (Å²) in [6.07, 6.45) is 1.97. The van der Waals surface area contributed by atoms with Crippen LogP contribution in [0.4, 0.5) is 0 Å². The Bertz CT molecular complexity index is 258. The van der Waals surface area contributed by atoms with E-state index in [2.05, 4.69) is 32.6 Å². The summed E-state index contributed by atoms with van der Waals surface area (Å²) in [6.45, 7) is 10.8. The molecule has 20 heavy (non-hydrogen) atoms. The smallest absolute Gasteiger partial charge is 0.0667 e. The minimum atomic E-state index is -0.117. The zero-order valence-electron chi connectivity index (χ0n) is 12.9. The Morgan fingerprint density at radius 2 is 1.60 bits per heavy atom. The number of aliphatic hydroxyl groups is 1. The molecule has 6 nitrogen and oxygen atoms in total. The highest BCUT2D eigenvalue weighted by molar-refractivity contribution is 4.72. The molecule has 0 saturated carbocycles. The fourth-order valence-corrected chi connectivity index (χ4v) is 2.91. The fraction of sp³-hybridized carbons (Fsp3) is 1.00. The van der Waals surface area contributed by atoms with Gasteiger partial charge < -0.3 is 10.0 Å². The van der Waals surface area contributed by atoms with Gasteiger partial charge in [0.25, 0.3) is 0 Å². The van der Waals surface area contributed by atoms with Crippen molar-refractivity contribution in [1.29, 1.82) is 0 Å². The molecule has 2 saturated heterocycles. The van der Waals surface area contributed by atoms with Crippen LogP contribution in [0.25, 0.3) is 0 Å². The Balaban J connectivity index is 1.42. The third-order valence-electron chi connectivity index (χ3n) is 4.31. The maximum Gasteiger partial charge on any atom is 0.0667 e. The van der Waals surface area contributed by atoms with Crippen molar-refractivity contribution in [1.82, 2.24) is 25.6 Å². The van der Waals surface area contributed by atoms with E-state index >= 15 is 0 Å². The van der Waals surface area contributed by atoms with Crippen LogP contribution in [-0.4, -0.2) is 98.4 Å². The number of nitrogens with one attached hydrogen (secondary N) is 2. The lowest BCUT2D eigenvalue weighted by Gasteiger charge is -2.32. The SMILES string of the molecule is CN1CCN(CCNNCCN2CCC[C@H](O)C2)CC1. The predicted octanol–water partition coefficient (Wildman–Crippen LogP) is -1.22. The number of hydrazine groups is 1. The molecule has 2 fully saturated rings. The second-order valence-corrected chi connectivity index (χ2v) is 6.10. The number of rotatable bonds is 7. The molecule has 2 heterocycles. The van der Waals surface area contributed by atoms with Gasteiger partial charge in [-0.05, 0) is 26.4 Å². The van der Waals surface area contributed by atoms with Gasteiger partial charge in [0.05, 0.1) is 6.10 Å². The Labute approximate surface area is 123 Å². The summed E-state index contributed by atoms with van der Waals surface area (Å²) >= 11 is 0. The van der Waals surface area contributed by atoms with Gasteiger partial charge in [0, 0.05) is 58.9 Å². The van der Waals surface area contributed by atoms with Crippen LogP contribution < -0.4 is 10.9 Å². The van der Waals surface area contributed by atoms with Gasteiger partial charge in [0.2, 0.25) is 0 Å². The summed E-state index contributed by atoms with van der Waals surface area (Å²) in [6, 6.07) is 0. The number of hydrogen-bond donors (Lipinski definition) is 3. The monoisotopic (exact) mass is 285 g/mol. The van der Waals surface area contributed by atoms with Crippen LogP contribution in [0.1, 0.15) is 12.8 Å². The van der Waals surface area contributed by atoms with Crippen molar-refractivity contribution >= 4 is 0 Å². The molecule has 0 aromatic heterocycles. The van der Waals surface area contributed by atoms with Crippen molar-refractivity contribution in [3.05, 3.63) is 0 Å². The Morgan fingerprint density at radius 3 is 2.25 bits per heavy atom. The van der Waals surface area contributed by atoms with Gasteiger partial charge in [-0.1, -0.05) is 0 Å². The van der Waals surface area contributed by atoms with Crippen LogP contribution in [0.15, 0.2) is 0 Å². The van der Waals surface area contributed by atoms with Gasteiger partial charge in [-0.25, -0.2) is 0 Å². The highest BCUT2D eigenvalue weighted by Crippen LogP contribution is 2.08. The zero-order chi connectivity index (χ0) is 14.2. The van der Waals surface area contributed by atoms with E-state index in [1.165, 1.54) is 26.2 Å². The van der Waals surface area contributed by atoms with E-state index in [1.807, 2.05) is 0 Å². The van der Waals surface area contributed by atoms with Crippen LogP contribution in [0, 0.1) is 0 Å². The second kappa shape index (κ2) is 8.92. The number of aliphatic hydroxyl groups excluding tert-OH is 1. The Kier molecular flexibility index (Phi) is 7.19. The lowest BCUT2D eigenvalue weighted by molar-refractivity contribution is 0.0707. The largest absolute Gasteiger partial charge is 0.392 e. The topological polar surface area (TPSA) is 54.0 Å². The molecular formula is C14H31N5O. The van der Waals surface area contributed by atoms with Crippen LogP contribution in [0.2, 0.25) is 0 Å². The first kappa shape index (κ1) is 16.1. The first-order valence-electron chi connectivity index (χ1n) is 8.01. The Hall–Kier alpha value is -0.240. The van der Waals surface area contributed by atoms with Crippen molar-refractivity contribution in [3.8, 4) is 0 Å². The molecule has 0 radical (unpaired) electrons. The number of hydrogen-bond acceptors (Lipinski definition) is 6. The van der Waals surface area contributed by atoms with E-state index in [4.69, 9.17) is 0 Å². The minimum absolute atomic E-state index is 0.117. The first-order valence-corrected chi connectivity index (χ1v) is 8.01. The molecule has 0 aliphatic carbocycles. The van der Waals surface area contributed by atoms with Gasteiger partial charge in [-0.15, -0.1) is 0 Å². The summed E-state index contributed by atoms with van der Waals surface area (Å²) in [5, 5.41) is 9.60. The van der Waals surface area contributed by atoms with Crippen LogP contribution in [-0.2, 0) is 0 Å². The molecule has 0 amide bonds. The van der Waals surface area contributed by atoms with Crippen molar-refractivity contribution in [2.45, 2.75) is 18.9 Å². The second-order valence-electron chi connectivity index (χ2n) is 6.10. The maximum absolute atomic E-state index is 9.60. The van der Waals surface area contributed by atoms with Gasteiger partial charge in [0.1, 0.15) is 0 Å². The first-order chi connectivity index (χ1) is 9.74. The minimum Gasteiger partial charge on any atom is -0.392 e. The summed E-state index contributed by atoms with van der Waals surface area (Å²) in [5.41, 5.74) is 6.59. The van der Waals surface area contributed by atoms with Crippen LogP contribution in [0.3, 0.4) is 0 Å². The normalized spacial score (nSPS) is 27.0. The molecule has 118 valence electrons. The molecule has 3 N–H and O–H groups in total. The molecule has 0 unspecified atom stereocenters. The van der Waals surface area contributed by atoms with E-state index < -0.39 is 0 Å². The van der Waals surface area contributed by atoms with E-state index in [1.54, 1.807) is 0 Å². The number of piperidine rings is 1. The lowest BCUT2D eigenvalue weighted by atomic mass is 10.1. The van der Waals surface area contributed by atoms with Crippen molar-refractivity contribution in [3.63, 3.8) is 0 Å². The molecular weight excluding hydrogens is 254 g/mol. The highest BCUT2D eigenvalue weighted by atomic mass is 16.3. The molecule has 0 aromatic rings. The molecule has 0 spiro atoms. The van der Waals surface area contributed by atoms with E-state index in [-0.39, 0.29) is 6.10 Å². The van der Waals surface area contributed by atoms with Crippen molar-refractivity contribution < 1.29 is 5.11 Å². The quantitative estimate of drug-likeness (QED) is 0.403. The maximum atomic E-state index is 9.60. The average Bonchev–Trinajstić information content (AvgIpc) is 2.45. The molecule has 2 aliphatic heterocycles. The molecule has 0 aromatic carbocycles. The van der Waals surface area contributed by atoms with E-state index in [0.29, 0.717) is 0 Å². The van der Waals surface area contributed by atoms with Crippen LogP contribution >= 0.6 is 0 Å². The summed E-state index contributed by atoms with van der Waals surface area (Å²) in [7, 11) is 2.19. The standard InChI is InChI=1S/C14H31N5O/c1-17-9-11-18(12-10-17)7-4-15-16-5-8-19-6-2-3-14(20)13-19/h14-16,20H,2-13H2,1H3/t14-/m0/s1. The molecule has 6 heteroatoms. The third kappa shape index (κ3) is 6.03. The number of piperazine rings is 1.